The average molecular weight is 296 g/mol. The Kier molecular flexibility index (Phi) is 3.14. The number of anilines is 3. The molecule has 22 heavy (non-hydrogen) atoms. The minimum atomic E-state index is -0.703. The van der Waals surface area contributed by atoms with Gasteiger partial charge in [0.25, 0.3) is 0 Å². The van der Waals surface area contributed by atoms with Crippen molar-refractivity contribution in [2.24, 2.45) is 7.05 Å². The first-order valence-corrected chi connectivity index (χ1v) is 6.52. The number of rotatable bonds is 2. The lowest BCUT2D eigenvalue weighted by molar-refractivity contribution is 0.582. The van der Waals surface area contributed by atoms with Crippen molar-refractivity contribution in [3.8, 4) is 6.07 Å². The Hall–Kier alpha value is -3.14. The Bertz CT molecular complexity index is 908. The number of nitrogen functional groups attached to an aromatic ring is 1. The van der Waals surface area contributed by atoms with E-state index in [0.29, 0.717) is 16.9 Å². The van der Waals surface area contributed by atoms with Crippen molar-refractivity contribution < 1.29 is 4.39 Å². The maximum absolute atomic E-state index is 14.1. The number of halogens is 1. The maximum Gasteiger partial charge on any atom is 0.238 e. The van der Waals surface area contributed by atoms with E-state index in [9.17, 15) is 4.39 Å². The van der Waals surface area contributed by atoms with Gasteiger partial charge in [-0.25, -0.2) is 9.97 Å². The van der Waals surface area contributed by atoms with Crippen LogP contribution < -0.4 is 10.6 Å². The molecule has 0 saturated carbocycles. The molecule has 0 fully saturated rings. The highest BCUT2D eigenvalue weighted by molar-refractivity contribution is 5.91. The summed E-state index contributed by atoms with van der Waals surface area (Å²) in [5, 5.41) is 8.75. The predicted molar refractivity (Wildman–Crippen MR) is 82.1 cm³/mol. The van der Waals surface area contributed by atoms with Crippen LogP contribution in [0.1, 0.15) is 5.69 Å². The van der Waals surface area contributed by atoms with Crippen LogP contribution in [-0.2, 0) is 7.05 Å². The molecular formula is C15H13FN6. The number of nitrogens with two attached hydrogens (primary N) is 1. The number of fused-ring (bicyclic) bond motifs is 1. The minimum absolute atomic E-state index is 0.0382. The molecule has 0 spiro atoms. The Morgan fingerprint density at radius 2 is 2.14 bits per heavy atom. The zero-order valence-corrected chi connectivity index (χ0v) is 12.1. The minimum Gasteiger partial charge on any atom is -0.397 e. The van der Waals surface area contributed by atoms with Crippen LogP contribution in [-0.4, -0.2) is 21.6 Å². The summed E-state index contributed by atoms with van der Waals surface area (Å²) < 4.78 is 15.9. The summed E-state index contributed by atoms with van der Waals surface area (Å²) in [6, 6.07) is 8.40. The first kappa shape index (κ1) is 13.8. The van der Waals surface area contributed by atoms with Gasteiger partial charge in [-0.2, -0.15) is 9.65 Å². The van der Waals surface area contributed by atoms with Gasteiger partial charge in [-0.05, 0) is 24.3 Å². The second-order valence-electron chi connectivity index (χ2n) is 4.94. The summed E-state index contributed by atoms with van der Waals surface area (Å²) in [5.74, 6) is -0.703. The Morgan fingerprint density at radius 1 is 1.36 bits per heavy atom. The molecule has 2 aromatic heterocycles. The van der Waals surface area contributed by atoms with Crippen molar-refractivity contribution in [3.63, 3.8) is 0 Å². The highest BCUT2D eigenvalue weighted by Crippen LogP contribution is 2.31. The van der Waals surface area contributed by atoms with Gasteiger partial charge in [-0.3, -0.25) is 0 Å². The van der Waals surface area contributed by atoms with E-state index in [1.807, 2.05) is 23.8 Å². The molecule has 0 amide bonds. The summed E-state index contributed by atoms with van der Waals surface area (Å²) in [5.41, 5.74) is 9.10. The zero-order valence-electron chi connectivity index (χ0n) is 12.1. The van der Waals surface area contributed by atoms with Gasteiger partial charge in [-0.1, -0.05) is 0 Å². The largest absolute Gasteiger partial charge is 0.397 e. The number of hydrogen-bond donors (Lipinski definition) is 1. The SMILES string of the molecule is CN(c1cc(N)c2ncn(C)c2c1)c1ccc(C#N)nc1F. The summed E-state index contributed by atoms with van der Waals surface area (Å²) in [4.78, 5) is 9.47. The molecule has 0 unspecified atom stereocenters. The topological polar surface area (TPSA) is 83.8 Å². The first-order chi connectivity index (χ1) is 10.5. The fourth-order valence-corrected chi connectivity index (χ4v) is 2.31. The van der Waals surface area contributed by atoms with E-state index < -0.39 is 5.95 Å². The second-order valence-corrected chi connectivity index (χ2v) is 4.94. The van der Waals surface area contributed by atoms with E-state index in [1.165, 1.54) is 12.1 Å². The summed E-state index contributed by atoms with van der Waals surface area (Å²) >= 11 is 0. The molecule has 0 atom stereocenters. The molecule has 2 heterocycles. The van der Waals surface area contributed by atoms with E-state index in [0.717, 1.165) is 5.52 Å². The predicted octanol–water partition coefficient (Wildman–Crippen LogP) is 2.33. The Labute approximate surface area is 126 Å². The quantitative estimate of drug-likeness (QED) is 0.579. The molecule has 2 N–H and O–H groups in total. The van der Waals surface area contributed by atoms with Gasteiger partial charge < -0.3 is 15.2 Å². The third-order valence-electron chi connectivity index (χ3n) is 3.54. The van der Waals surface area contributed by atoms with Gasteiger partial charge >= 0.3 is 0 Å². The number of aryl methyl sites for hydroxylation is 1. The lowest BCUT2D eigenvalue weighted by atomic mass is 10.2. The standard InChI is InChI=1S/C15H13FN6/c1-21-8-19-14-11(18)5-10(6-13(14)21)22(2)12-4-3-9(7-17)20-15(12)16/h3-6,8H,18H2,1-2H3. The fourth-order valence-electron chi connectivity index (χ4n) is 2.31. The monoisotopic (exact) mass is 296 g/mol. The van der Waals surface area contributed by atoms with E-state index in [2.05, 4.69) is 9.97 Å². The Morgan fingerprint density at radius 3 is 2.82 bits per heavy atom. The number of nitriles is 1. The molecule has 7 heteroatoms. The van der Waals surface area contributed by atoms with Crippen molar-refractivity contribution in [1.82, 2.24) is 14.5 Å². The molecule has 0 radical (unpaired) electrons. The molecular weight excluding hydrogens is 283 g/mol. The third kappa shape index (κ3) is 2.11. The molecule has 110 valence electrons. The van der Waals surface area contributed by atoms with Crippen molar-refractivity contribution in [2.45, 2.75) is 0 Å². The highest BCUT2D eigenvalue weighted by Gasteiger charge is 2.14. The van der Waals surface area contributed by atoms with Crippen LogP contribution in [0.5, 0.6) is 0 Å². The summed E-state index contributed by atoms with van der Waals surface area (Å²) in [6.45, 7) is 0. The molecule has 0 aliphatic heterocycles. The molecule has 0 bridgehead atoms. The zero-order chi connectivity index (χ0) is 15.9. The van der Waals surface area contributed by atoms with Gasteiger partial charge in [0.15, 0.2) is 0 Å². The van der Waals surface area contributed by atoms with Crippen LogP contribution in [0, 0.1) is 17.3 Å². The summed E-state index contributed by atoms with van der Waals surface area (Å²) in [7, 11) is 3.57. The van der Waals surface area contributed by atoms with Gasteiger partial charge in [0.2, 0.25) is 5.95 Å². The number of pyridine rings is 1. The van der Waals surface area contributed by atoms with Crippen molar-refractivity contribution >= 4 is 28.1 Å². The lowest BCUT2D eigenvalue weighted by Gasteiger charge is -2.20. The average Bonchev–Trinajstić information content (AvgIpc) is 2.88. The van der Waals surface area contributed by atoms with Crippen LogP contribution in [0.4, 0.5) is 21.5 Å². The maximum atomic E-state index is 14.1. The van der Waals surface area contributed by atoms with Gasteiger partial charge in [0.05, 0.1) is 23.2 Å². The highest BCUT2D eigenvalue weighted by atomic mass is 19.1. The van der Waals surface area contributed by atoms with Crippen LogP contribution >= 0.6 is 0 Å². The van der Waals surface area contributed by atoms with Crippen molar-refractivity contribution in [2.75, 3.05) is 17.7 Å². The van der Waals surface area contributed by atoms with Crippen molar-refractivity contribution in [3.05, 3.63) is 42.2 Å². The summed E-state index contributed by atoms with van der Waals surface area (Å²) in [6.07, 6.45) is 1.68. The van der Waals surface area contributed by atoms with Gasteiger partial charge in [0.1, 0.15) is 17.3 Å². The van der Waals surface area contributed by atoms with E-state index in [1.54, 1.807) is 24.3 Å². The van der Waals surface area contributed by atoms with Gasteiger partial charge in [-0.15, -0.1) is 0 Å². The van der Waals surface area contributed by atoms with Gasteiger partial charge in [0, 0.05) is 19.8 Å². The number of nitrogens with zero attached hydrogens (tertiary/aromatic N) is 5. The third-order valence-corrected chi connectivity index (χ3v) is 3.54. The second kappa shape index (κ2) is 5.00. The van der Waals surface area contributed by atoms with E-state index in [-0.39, 0.29) is 11.4 Å². The number of benzene rings is 1. The normalized spacial score (nSPS) is 10.6. The number of imidazole rings is 1. The van der Waals surface area contributed by atoms with E-state index >= 15 is 0 Å². The van der Waals surface area contributed by atoms with Crippen LogP contribution in [0.2, 0.25) is 0 Å². The molecule has 0 aliphatic rings. The molecule has 1 aromatic carbocycles. The first-order valence-electron chi connectivity index (χ1n) is 6.52. The molecule has 6 nitrogen and oxygen atoms in total. The lowest BCUT2D eigenvalue weighted by Crippen LogP contribution is -2.13. The fraction of sp³-hybridized carbons (Fsp3) is 0.133. The van der Waals surface area contributed by atoms with Crippen molar-refractivity contribution in [1.29, 1.82) is 5.26 Å². The van der Waals surface area contributed by atoms with Crippen LogP contribution in [0.3, 0.4) is 0 Å². The Balaban J connectivity index is 2.11. The molecule has 0 aliphatic carbocycles. The molecule has 0 saturated heterocycles. The molecule has 3 aromatic rings. The van der Waals surface area contributed by atoms with Crippen LogP contribution in [0.25, 0.3) is 11.0 Å². The smallest absolute Gasteiger partial charge is 0.238 e. The van der Waals surface area contributed by atoms with Crippen LogP contribution in [0.15, 0.2) is 30.6 Å². The number of aromatic nitrogens is 3. The number of hydrogen-bond acceptors (Lipinski definition) is 5. The molecule has 3 rings (SSSR count). The van der Waals surface area contributed by atoms with E-state index in [4.69, 9.17) is 11.0 Å².